The molecule has 0 bridgehead atoms. The Morgan fingerprint density at radius 2 is 1.69 bits per heavy atom. The quantitative estimate of drug-likeness (QED) is 0.599. The van der Waals surface area contributed by atoms with E-state index in [1.54, 1.807) is 0 Å². The molecule has 2 aromatic carbocycles. The summed E-state index contributed by atoms with van der Waals surface area (Å²) in [6.07, 6.45) is 5.08. The van der Waals surface area contributed by atoms with Crippen LogP contribution in [0.15, 0.2) is 36.4 Å². The summed E-state index contributed by atoms with van der Waals surface area (Å²) in [6.45, 7) is 2.24. The van der Waals surface area contributed by atoms with E-state index in [2.05, 4.69) is 31.2 Å². The van der Waals surface area contributed by atoms with Gasteiger partial charge in [0, 0.05) is 5.69 Å². The van der Waals surface area contributed by atoms with E-state index < -0.39 is 0 Å². The molecule has 2 aromatic rings. The summed E-state index contributed by atoms with van der Waals surface area (Å²) in [7, 11) is 0. The molecule has 0 radical (unpaired) electrons. The first-order valence-electron chi connectivity index (χ1n) is 6.08. The van der Waals surface area contributed by atoms with Crippen LogP contribution in [0.25, 0.3) is 10.8 Å². The van der Waals surface area contributed by atoms with Crippen molar-refractivity contribution in [1.82, 2.24) is 0 Å². The van der Waals surface area contributed by atoms with Gasteiger partial charge in [-0.25, -0.2) is 0 Å². The highest BCUT2D eigenvalue weighted by atomic mass is 14.5. The van der Waals surface area contributed by atoms with Crippen LogP contribution >= 0.6 is 0 Å². The lowest BCUT2D eigenvalue weighted by molar-refractivity contribution is 0.718. The Kier molecular flexibility index (Phi) is 3.45. The van der Waals surface area contributed by atoms with Crippen molar-refractivity contribution in [2.24, 2.45) is 0 Å². The zero-order valence-corrected chi connectivity index (χ0v) is 9.87. The molecule has 0 aliphatic rings. The van der Waals surface area contributed by atoms with Crippen molar-refractivity contribution in [2.45, 2.75) is 32.6 Å². The summed E-state index contributed by atoms with van der Waals surface area (Å²) in [4.78, 5) is 0. The minimum atomic E-state index is 0.839. The van der Waals surface area contributed by atoms with Crippen LogP contribution in [0.1, 0.15) is 31.7 Å². The number of hydrogen-bond acceptors (Lipinski definition) is 1. The van der Waals surface area contributed by atoms with Crippen molar-refractivity contribution < 1.29 is 0 Å². The van der Waals surface area contributed by atoms with Crippen molar-refractivity contribution in [3.05, 3.63) is 42.0 Å². The minimum absolute atomic E-state index is 0.839. The maximum Gasteiger partial charge on any atom is 0.0320 e. The molecule has 0 aliphatic carbocycles. The molecule has 0 atom stereocenters. The average Bonchev–Trinajstić information content (AvgIpc) is 2.29. The molecule has 16 heavy (non-hydrogen) atoms. The smallest absolute Gasteiger partial charge is 0.0320 e. The third kappa shape index (κ3) is 2.54. The highest BCUT2D eigenvalue weighted by Gasteiger charge is 1.97. The van der Waals surface area contributed by atoms with Gasteiger partial charge in [-0.2, -0.15) is 0 Å². The van der Waals surface area contributed by atoms with Crippen LogP contribution in [0, 0.1) is 0 Å². The van der Waals surface area contributed by atoms with Crippen molar-refractivity contribution in [1.29, 1.82) is 0 Å². The van der Waals surface area contributed by atoms with Crippen LogP contribution < -0.4 is 5.73 Å². The summed E-state index contributed by atoms with van der Waals surface area (Å²) in [5.41, 5.74) is 8.04. The van der Waals surface area contributed by atoms with Crippen molar-refractivity contribution in [2.75, 3.05) is 5.73 Å². The summed E-state index contributed by atoms with van der Waals surface area (Å²) in [5.74, 6) is 0. The highest BCUT2D eigenvalue weighted by Crippen LogP contribution is 2.20. The molecule has 0 saturated carbocycles. The Hall–Kier alpha value is -1.50. The highest BCUT2D eigenvalue weighted by molar-refractivity contribution is 5.85. The van der Waals surface area contributed by atoms with E-state index in [-0.39, 0.29) is 0 Å². The molecule has 0 aromatic heterocycles. The van der Waals surface area contributed by atoms with E-state index >= 15 is 0 Å². The zero-order chi connectivity index (χ0) is 11.4. The summed E-state index contributed by atoms with van der Waals surface area (Å²) in [5, 5.41) is 2.53. The third-order valence-electron chi connectivity index (χ3n) is 3.00. The van der Waals surface area contributed by atoms with Crippen LogP contribution in [-0.4, -0.2) is 0 Å². The summed E-state index contributed by atoms with van der Waals surface area (Å²) in [6, 6.07) is 12.8. The van der Waals surface area contributed by atoms with E-state index in [4.69, 9.17) is 5.73 Å². The van der Waals surface area contributed by atoms with E-state index in [9.17, 15) is 0 Å². The first kappa shape index (κ1) is 11.0. The normalized spacial score (nSPS) is 10.8. The maximum absolute atomic E-state index is 5.76. The SMILES string of the molecule is CCCCCc1ccc2cc(N)ccc2c1. The molecule has 1 heteroatoms. The average molecular weight is 213 g/mol. The van der Waals surface area contributed by atoms with Gasteiger partial charge in [0.2, 0.25) is 0 Å². The number of benzene rings is 2. The molecule has 0 saturated heterocycles. The fraction of sp³-hybridized carbons (Fsp3) is 0.333. The third-order valence-corrected chi connectivity index (χ3v) is 3.00. The molecule has 2 N–H and O–H groups in total. The van der Waals surface area contributed by atoms with Gasteiger partial charge in [0.1, 0.15) is 0 Å². The largest absolute Gasteiger partial charge is 0.399 e. The number of rotatable bonds is 4. The number of hydrogen-bond donors (Lipinski definition) is 1. The van der Waals surface area contributed by atoms with Gasteiger partial charge < -0.3 is 5.73 Å². The molecule has 0 amide bonds. The zero-order valence-electron chi connectivity index (χ0n) is 9.87. The standard InChI is InChI=1S/C15H19N/c1-2-3-4-5-12-6-7-14-11-15(16)9-8-13(14)10-12/h6-11H,2-5,16H2,1H3. The van der Waals surface area contributed by atoms with E-state index in [0.717, 1.165) is 5.69 Å². The molecule has 0 unspecified atom stereocenters. The van der Waals surface area contributed by atoms with Gasteiger partial charge in [0.05, 0.1) is 0 Å². The summed E-state index contributed by atoms with van der Waals surface area (Å²) < 4.78 is 0. The molecule has 0 heterocycles. The first-order chi connectivity index (χ1) is 7.79. The lowest BCUT2D eigenvalue weighted by Gasteiger charge is -2.04. The number of fused-ring (bicyclic) bond motifs is 1. The van der Waals surface area contributed by atoms with Gasteiger partial charge in [-0.05, 0) is 41.3 Å². The number of nitrogens with two attached hydrogens (primary N) is 1. The van der Waals surface area contributed by atoms with Gasteiger partial charge in [0.25, 0.3) is 0 Å². The Bertz CT molecular complexity index is 474. The fourth-order valence-corrected chi connectivity index (χ4v) is 2.05. The predicted molar refractivity (Wildman–Crippen MR) is 71.6 cm³/mol. The topological polar surface area (TPSA) is 26.0 Å². The Balaban J connectivity index is 2.20. The number of unbranched alkanes of at least 4 members (excludes halogenated alkanes) is 2. The molecular formula is C15H19N. The van der Waals surface area contributed by atoms with Gasteiger partial charge in [-0.3, -0.25) is 0 Å². The number of anilines is 1. The van der Waals surface area contributed by atoms with Crippen molar-refractivity contribution >= 4 is 16.5 Å². The molecular weight excluding hydrogens is 194 g/mol. The van der Waals surface area contributed by atoms with E-state index in [1.165, 1.54) is 42.0 Å². The number of aryl methyl sites for hydroxylation is 1. The second kappa shape index (κ2) is 5.02. The second-order valence-electron chi connectivity index (χ2n) is 4.40. The Morgan fingerprint density at radius 1 is 0.938 bits per heavy atom. The van der Waals surface area contributed by atoms with Crippen LogP contribution in [-0.2, 0) is 6.42 Å². The second-order valence-corrected chi connectivity index (χ2v) is 4.40. The molecule has 0 aliphatic heterocycles. The Labute approximate surface area is 97.3 Å². The van der Waals surface area contributed by atoms with Gasteiger partial charge in [-0.1, -0.05) is 44.0 Å². The maximum atomic E-state index is 5.76. The van der Waals surface area contributed by atoms with Gasteiger partial charge in [-0.15, -0.1) is 0 Å². The van der Waals surface area contributed by atoms with Crippen LogP contribution in [0.5, 0.6) is 0 Å². The van der Waals surface area contributed by atoms with E-state index in [0.29, 0.717) is 0 Å². The van der Waals surface area contributed by atoms with Crippen molar-refractivity contribution in [3.8, 4) is 0 Å². The van der Waals surface area contributed by atoms with Gasteiger partial charge in [0.15, 0.2) is 0 Å². The molecule has 0 spiro atoms. The predicted octanol–water partition coefficient (Wildman–Crippen LogP) is 4.15. The first-order valence-corrected chi connectivity index (χ1v) is 6.08. The number of nitrogen functional groups attached to an aromatic ring is 1. The van der Waals surface area contributed by atoms with Gasteiger partial charge >= 0.3 is 0 Å². The summed E-state index contributed by atoms with van der Waals surface area (Å²) >= 11 is 0. The molecule has 1 nitrogen and oxygen atoms in total. The monoisotopic (exact) mass is 213 g/mol. The lowest BCUT2D eigenvalue weighted by atomic mass is 10.0. The molecule has 0 fully saturated rings. The van der Waals surface area contributed by atoms with Crippen LogP contribution in [0.4, 0.5) is 5.69 Å². The van der Waals surface area contributed by atoms with Crippen molar-refractivity contribution in [3.63, 3.8) is 0 Å². The van der Waals surface area contributed by atoms with E-state index in [1.807, 2.05) is 12.1 Å². The minimum Gasteiger partial charge on any atom is -0.399 e. The lowest BCUT2D eigenvalue weighted by Crippen LogP contribution is -1.87. The molecule has 2 rings (SSSR count). The van der Waals surface area contributed by atoms with Crippen LogP contribution in [0.3, 0.4) is 0 Å². The van der Waals surface area contributed by atoms with Crippen LogP contribution in [0.2, 0.25) is 0 Å². The molecule has 84 valence electrons. The fourth-order valence-electron chi connectivity index (χ4n) is 2.05. The Morgan fingerprint density at radius 3 is 2.50 bits per heavy atom.